The Balaban J connectivity index is 1.71. The highest BCUT2D eigenvalue weighted by Crippen LogP contribution is 2.45. The minimum absolute atomic E-state index is 0.0148. The van der Waals surface area contributed by atoms with E-state index in [2.05, 4.69) is 0 Å². The summed E-state index contributed by atoms with van der Waals surface area (Å²) in [6.07, 6.45) is 0.737. The lowest BCUT2D eigenvalue weighted by Gasteiger charge is -2.26. The molecule has 3 aromatic rings. The van der Waals surface area contributed by atoms with Crippen LogP contribution in [-0.2, 0) is 16.0 Å². The van der Waals surface area contributed by atoms with Gasteiger partial charge < -0.3 is 14.9 Å². The molecule has 166 valence electrons. The number of ether oxygens (including phenoxy) is 1. The van der Waals surface area contributed by atoms with Gasteiger partial charge in [-0.1, -0.05) is 36.4 Å². The fourth-order valence-electron chi connectivity index (χ4n) is 4.58. The van der Waals surface area contributed by atoms with Gasteiger partial charge in [0.1, 0.15) is 23.4 Å². The molecular weight excluding hydrogens is 418 g/mol. The third kappa shape index (κ3) is 3.44. The fraction of sp³-hybridized carbons (Fsp3) is 0.185. The molecule has 0 bridgehead atoms. The molecule has 5 rings (SSSR count). The topological polar surface area (TPSA) is 87.1 Å². The number of hydrogen-bond acceptors (Lipinski definition) is 5. The van der Waals surface area contributed by atoms with E-state index in [1.807, 2.05) is 19.9 Å². The molecule has 0 saturated carbocycles. The molecule has 6 heteroatoms. The Hall–Kier alpha value is -4.06. The summed E-state index contributed by atoms with van der Waals surface area (Å²) >= 11 is 0. The second-order valence-corrected chi connectivity index (χ2v) is 8.53. The van der Waals surface area contributed by atoms with Crippen molar-refractivity contribution in [3.05, 3.63) is 94.6 Å². The Bertz CT molecular complexity index is 1310. The Morgan fingerprint density at radius 1 is 1.03 bits per heavy atom. The van der Waals surface area contributed by atoms with Crippen LogP contribution in [0, 0.1) is 6.92 Å². The maximum absolute atomic E-state index is 13.3. The number of benzene rings is 3. The number of carbonyl (C=O) groups is 2. The normalized spacial score (nSPS) is 21.2. The van der Waals surface area contributed by atoms with Crippen molar-refractivity contribution in [2.45, 2.75) is 32.4 Å². The van der Waals surface area contributed by atoms with E-state index in [4.69, 9.17) is 4.74 Å². The van der Waals surface area contributed by atoms with E-state index in [9.17, 15) is 19.8 Å². The first-order chi connectivity index (χ1) is 15.8. The van der Waals surface area contributed by atoms with Gasteiger partial charge in [-0.15, -0.1) is 0 Å². The van der Waals surface area contributed by atoms with Crippen molar-refractivity contribution in [1.29, 1.82) is 0 Å². The summed E-state index contributed by atoms with van der Waals surface area (Å²) in [7, 11) is 0. The van der Waals surface area contributed by atoms with Gasteiger partial charge in [-0.2, -0.15) is 0 Å². The quantitative estimate of drug-likeness (QED) is 0.351. The first-order valence-electron chi connectivity index (χ1n) is 10.8. The van der Waals surface area contributed by atoms with Gasteiger partial charge in [0.15, 0.2) is 0 Å². The lowest BCUT2D eigenvalue weighted by Crippen LogP contribution is -2.29. The number of aryl methyl sites for hydroxylation is 1. The van der Waals surface area contributed by atoms with Crippen molar-refractivity contribution >= 4 is 23.1 Å². The molecule has 1 saturated heterocycles. The number of Topliss-reactive ketones (excluding diaryl/α,β-unsaturated/α-hetero) is 1. The van der Waals surface area contributed by atoms with E-state index in [-0.39, 0.29) is 28.9 Å². The number of ketones is 1. The SMILES string of the molecule is Cc1ccc(O)c(N2C(=O)C(=O)/C(=C(\O)c3ccc4c(c3)CC(C)O4)C2c2ccccc2)c1. The zero-order valence-corrected chi connectivity index (χ0v) is 18.3. The Labute approximate surface area is 191 Å². The summed E-state index contributed by atoms with van der Waals surface area (Å²) in [6, 6.07) is 18.3. The number of hydrogen-bond donors (Lipinski definition) is 2. The van der Waals surface area contributed by atoms with Crippen LogP contribution in [0.25, 0.3) is 5.76 Å². The van der Waals surface area contributed by atoms with Gasteiger partial charge in [-0.05, 0) is 60.9 Å². The van der Waals surface area contributed by atoms with Crippen LogP contribution < -0.4 is 9.64 Å². The van der Waals surface area contributed by atoms with E-state index >= 15 is 0 Å². The van der Waals surface area contributed by atoms with Crippen molar-refractivity contribution in [1.82, 2.24) is 0 Å². The number of aromatic hydroxyl groups is 1. The first kappa shape index (κ1) is 20.8. The molecule has 2 aliphatic rings. The standard InChI is InChI=1S/C27H23NO5/c1-15-8-10-21(29)20(12-15)28-24(17-6-4-3-5-7-17)23(26(31)27(28)32)25(30)18-9-11-22-19(14-18)13-16(2)33-22/h3-12,14,16,24,29-30H,13H2,1-2H3/b25-23-. The molecule has 2 heterocycles. The summed E-state index contributed by atoms with van der Waals surface area (Å²) in [6.45, 7) is 3.81. The van der Waals surface area contributed by atoms with Crippen molar-refractivity contribution in [3.8, 4) is 11.5 Å². The second kappa shape index (κ2) is 7.81. The lowest BCUT2D eigenvalue weighted by molar-refractivity contribution is -0.132. The van der Waals surface area contributed by atoms with E-state index in [0.717, 1.165) is 16.9 Å². The van der Waals surface area contributed by atoms with Crippen LogP contribution in [0.1, 0.15) is 35.2 Å². The molecule has 2 atom stereocenters. The highest BCUT2D eigenvalue weighted by Gasteiger charge is 2.47. The number of aliphatic hydroxyl groups excluding tert-OH is 1. The number of aliphatic hydroxyl groups is 1. The van der Waals surface area contributed by atoms with Crippen molar-refractivity contribution in [3.63, 3.8) is 0 Å². The minimum Gasteiger partial charge on any atom is -0.507 e. The first-order valence-corrected chi connectivity index (χ1v) is 10.8. The highest BCUT2D eigenvalue weighted by atomic mass is 16.5. The van der Waals surface area contributed by atoms with Crippen LogP contribution in [-0.4, -0.2) is 28.0 Å². The molecular formula is C27H23NO5. The number of carbonyl (C=O) groups excluding carboxylic acids is 2. The number of amides is 1. The summed E-state index contributed by atoms with van der Waals surface area (Å²) in [5, 5.41) is 21.8. The summed E-state index contributed by atoms with van der Waals surface area (Å²) < 4.78 is 5.74. The maximum atomic E-state index is 13.3. The Morgan fingerprint density at radius 2 is 1.79 bits per heavy atom. The molecule has 1 fully saturated rings. The van der Waals surface area contributed by atoms with Crippen LogP contribution in [0.5, 0.6) is 11.5 Å². The van der Waals surface area contributed by atoms with Crippen LogP contribution in [0.4, 0.5) is 5.69 Å². The van der Waals surface area contributed by atoms with Crippen molar-refractivity contribution in [2.75, 3.05) is 4.90 Å². The smallest absolute Gasteiger partial charge is 0.300 e. The average Bonchev–Trinajstić information content (AvgIpc) is 3.31. The van der Waals surface area contributed by atoms with Gasteiger partial charge in [-0.25, -0.2) is 0 Å². The number of nitrogens with zero attached hydrogens (tertiary/aromatic N) is 1. The molecule has 3 aromatic carbocycles. The second-order valence-electron chi connectivity index (χ2n) is 8.53. The van der Waals surface area contributed by atoms with Gasteiger partial charge in [0.05, 0.1) is 17.3 Å². The number of anilines is 1. The Kier molecular flexibility index (Phi) is 4.93. The number of fused-ring (bicyclic) bond motifs is 1. The summed E-state index contributed by atoms with van der Waals surface area (Å²) in [4.78, 5) is 27.8. The zero-order chi connectivity index (χ0) is 23.3. The van der Waals surface area contributed by atoms with Crippen molar-refractivity contribution in [2.24, 2.45) is 0 Å². The molecule has 33 heavy (non-hydrogen) atoms. The van der Waals surface area contributed by atoms with Crippen molar-refractivity contribution < 1.29 is 24.5 Å². The molecule has 0 aromatic heterocycles. The largest absolute Gasteiger partial charge is 0.507 e. The number of phenols is 1. The van der Waals surface area contributed by atoms with Crippen LogP contribution in [0.3, 0.4) is 0 Å². The molecule has 1 amide bonds. The van der Waals surface area contributed by atoms with Gasteiger partial charge in [0.25, 0.3) is 11.7 Å². The van der Waals surface area contributed by atoms with E-state index in [1.54, 1.807) is 54.6 Å². The fourth-order valence-corrected chi connectivity index (χ4v) is 4.58. The minimum atomic E-state index is -0.887. The molecule has 2 unspecified atom stereocenters. The van der Waals surface area contributed by atoms with Crippen LogP contribution in [0.2, 0.25) is 0 Å². The monoisotopic (exact) mass is 441 g/mol. The summed E-state index contributed by atoms with van der Waals surface area (Å²) in [5.74, 6) is -1.22. The average molecular weight is 441 g/mol. The Morgan fingerprint density at radius 3 is 2.55 bits per heavy atom. The number of phenolic OH excluding ortho intramolecular Hbond substituents is 1. The van der Waals surface area contributed by atoms with E-state index in [0.29, 0.717) is 17.5 Å². The van der Waals surface area contributed by atoms with Gasteiger partial charge in [0, 0.05) is 12.0 Å². The molecule has 0 radical (unpaired) electrons. The van der Waals surface area contributed by atoms with Crippen LogP contribution >= 0.6 is 0 Å². The lowest BCUT2D eigenvalue weighted by atomic mass is 9.94. The van der Waals surface area contributed by atoms with Gasteiger partial charge >= 0.3 is 0 Å². The number of rotatable bonds is 3. The molecule has 0 aliphatic carbocycles. The third-order valence-corrected chi connectivity index (χ3v) is 6.12. The summed E-state index contributed by atoms with van der Waals surface area (Å²) in [5.41, 5.74) is 3.06. The third-order valence-electron chi connectivity index (χ3n) is 6.12. The molecule has 6 nitrogen and oxygen atoms in total. The molecule has 2 N–H and O–H groups in total. The predicted molar refractivity (Wildman–Crippen MR) is 124 cm³/mol. The molecule has 2 aliphatic heterocycles. The van der Waals surface area contributed by atoms with Gasteiger partial charge in [-0.3, -0.25) is 14.5 Å². The van der Waals surface area contributed by atoms with E-state index < -0.39 is 17.7 Å². The highest BCUT2D eigenvalue weighted by molar-refractivity contribution is 6.51. The zero-order valence-electron chi connectivity index (χ0n) is 18.3. The maximum Gasteiger partial charge on any atom is 0.300 e. The van der Waals surface area contributed by atoms with E-state index in [1.165, 1.54) is 11.0 Å². The van der Waals surface area contributed by atoms with Crippen LogP contribution in [0.15, 0.2) is 72.3 Å². The molecule has 0 spiro atoms. The predicted octanol–water partition coefficient (Wildman–Crippen LogP) is 4.65. The van der Waals surface area contributed by atoms with Gasteiger partial charge in [0.2, 0.25) is 0 Å².